The number of anilines is 6. The summed E-state index contributed by atoms with van der Waals surface area (Å²) in [6, 6.07) is 76.4. The molecule has 4 aliphatic rings. The maximum absolute atomic E-state index is 2.61. The van der Waals surface area contributed by atoms with Crippen LogP contribution in [0.25, 0.3) is 43.8 Å². The lowest BCUT2D eigenvalue weighted by Gasteiger charge is -2.31. The van der Waals surface area contributed by atoms with Gasteiger partial charge in [-0.1, -0.05) is 173 Å². The molecule has 0 amide bonds. The fourth-order valence-corrected chi connectivity index (χ4v) is 12.8. The number of fused-ring (bicyclic) bond motifs is 6. The van der Waals surface area contributed by atoms with Gasteiger partial charge < -0.3 is 9.80 Å². The first-order valence-corrected chi connectivity index (χ1v) is 25.2. The molecule has 0 saturated carbocycles. The molecule has 9 aromatic carbocycles. The summed E-state index contributed by atoms with van der Waals surface area (Å²) in [5, 5.41) is 5.19. The highest BCUT2D eigenvalue weighted by Crippen LogP contribution is 2.56. The lowest BCUT2D eigenvalue weighted by atomic mass is 9.75. The van der Waals surface area contributed by atoms with Crippen molar-refractivity contribution in [1.29, 1.82) is 0 Å². The number of rotatable bonds is 8. The van der Waals surface area contributed by atoms with Crippen LogP contribution in [0.3, 0.4) is 0 Å². The molecule has 0 unspecified atom stereocenters. The van der Waals surface area contributed by atoms with E-state index in [0.717, 1.165) is 59.8 Å². The van der Waals surface area contributed by atoms with Crippen LogP contribution in [0.5, 0.6) is 0 Å². The molecule has 0 radical (unpaired) electrons. The van der Waals surface area contributed by atoms with E-state index in [9.17, 15) is 0 Å². The Bertz CT molecular complexity index is 3360. The molecule has 4 aliphatic carbocycles. The van der Waals surface area contributed by atoms with Gasteiger partial charge in [0.15, 0.2) is 0 Å². The van der Waals surface area contributed by atoms with Gasteiger partial charge in [-0.25, -0.2) is 0 Å². The molecule has 70 heavy (non-hydrogen) atoms. The van der Waals surface area contributed by atoms with Crippen molar-refractivity contribution in [2.75, 3.05) is 9.80 Å². The first-order chi connectivity index (χ1) is 34.3. The van der Waals surface area contributed by atoms with E-state index in [1.165, 1.54) is 88.4 Å². The van der Waals surface area contributed by atoms with Crippen molar-refractivity contribution < 1.29 is 0 Å². The van der Waals surface area contributed by atoms with Crippen molar-refractivity contribution >= 4 is 78.0 Å². The number of para-hydroxylation sites is 4. The topological polar surface area (TPSA) is 6.48 Å². The summed E-state index contributed by atoms with van der Waals surface area (Å²) in [5.74, 6) is 0. The molecular formula is C68H56N2. The fraction of sp³-hybridized carbons (Fsp3) is 0.147. The van der Waals surface area contributed by atoms with E-state index in [0.29, 0.717) is 0 Å². The maximum atomic E-state index is 2.61. The molecule has 0 aliphatic heterocycles. The molecule has 2 heteroatoms. The van der Waals surface area contributed by atoms with Gasteiger partial charge in [-0.05, 0) is 187 Å². The minimum absolute atomic E-state index is 0.102. The zero-order valence-electron chi connectivity index (χ0n) is 40.5. The summed E-state index contributed by atoms with van der Waals surface area (Å²) in [6.45, 7) is 9.71. The third-order valence-electron chi connectivity index (χ3n) is 16.1. The lowest BCUT2D eigenvalue weighted by Crippen LogP contribution is -2.17. The summed E-state index contributed by atoms with van der Waals surface area (Å²) in [5.41, 5.74) is 23.8. The monoisotopic (exact) mass is 900 g/mol. The van der Waals surface area contributed by atoms with Gasteiger partial charge in [0.25, 0.3) is 0 Å². The zero-order valence-corrected chi connectivity index (χ0v) is 40.5. The Labute approximate surface area is 412 Å². The molecule has 0 atom stereocenters. The lowest BCUT2D eigenvalue weighted by molar-refractivity contribution is 0.652. The Morgan fingerprint density at radius 2 is 0.643 bits per heavy atom. The molecule has 0 saturated heterocycles. The molecule has 0 bridgehead atoms. The van der Waals surface area contributed by atoms with Crippen molar-refractivity contribution in [2.45, 2.75) is 64.2 Å². The minimum atomic E-state index is -0.102. The summed E-state index contributed by atoms with van der Waals surface area (Å²) in [6.07, 6.45) is 9.16. The van der Waals surface area contributed by atoms with Crippen molar-refractivity contribution in [3.63, 3.8) is 0 Å². The minimum Gasteiger partial charge on any atom is -0.310 e. The third-order valence-corrected chi connectivity index (χ3v) is 16.1. The van der Waals surface area contributed by atoms with Gasteiger partial charge in [0.2, 0.25) is 0 Å². The second kappa shape index (κ2) is 16.4. The second-order valence-corrected chi connectivity index (χ2v) is 20.7. The van der Waals surface area contributed by atoms with Crippen molar-refractivity contribution in [3.05, 3.63) is 263 Å². The van der Waals surface area contributed by atoms with Crippen LogP contribution in [0.2, 0.25) is 0 Å². The first kappa shape index (κ1) is 42.2. The van der Waals surface area contributed by atoms with Gasteiger partial charge >= 0.3 is 0 Å². The van der Waals surface area contributed by atoms with Crippen LogP contribution in [-0.4, -0.2) is 0 Å². The largest absolute Gasteiger partial charge is 0.310 e. The number of nitrogens with zero attached hydrogens (tertiary/aromatic N) is 2. The zero-order chi connectivity index (χ0) is 47.1. The predicted molar refractivity (Wildman–Crippen MR) is 298 cm³/mol. The predicted octanol–water partition coefficient (Wildman–Crippen LogP) is 18.8. The number of allylic oxidation sites excluding steroid dienone is 8. The van der Waals surface area contributed by atoms with Gasteiger partial charge in [0.05, 0.1) is 0 Å². The summed E-state index contributed by atoms with van der Waals surface area (Å²) in [7, 11) is 0. The van der Waals surface area contributed by atoms with Crippen LogP contribution >= 0.6 is 0 Å². The first-order valence-electron chi connectivity index (χ1n) is 25.2. The molecule has 13 rings (SSSR count). The van der Waals surface area contributed by atoms with Gasteiger partial charge in [-0.15, -0.1) is 0 Å². The van der Waals surface area contributed by atoms with Crippen LogP contribution in [0.1, 0.15) is 86.8 Å². The molecule has 0 heterocycles. The average molecular weight is 901 g/mol. The average Bonchev–Trinajstić information content (AvgIpc) is 3.78. The van der Waals surface area contributed by atoms with E-state index in [1.807, 2.05) is 0 Å². The molecule has 338 valence electrons. The van der Waals surface area contributed by atoms with Gasteiger partial charge in [-0.3, -0.25) is 0 Å². The van der Waals surface area contributed by atoms with Gasteiger partial charge in [0.1, 0.15) is 0 Å². The van der Waals surface area contributed by atoms with E-state index in [1.54, 1.807) is 0 Å². The Morgan fingerprint density at radius 1 is 0.314 bits per heavy atom. The van der Waals surface area contributed by atoms with Crippen LogP contribution in [0.4, 0.5) is 34.1 Å². The Balaban J connectivity index is 1.13. The molecule has 2 nitrogen and oxygen atoms in total. The molecular weight excluding hydrogens is 845 g/mol. The van der Waals surface area contributed by atoms with E-state index >= 15 is 0 Å². The standard InChI is InChI=1S/C68H56N2/c1-67(2)61-31-19-17-29-53(61)55-37-33-45(41-63(55)67)65-57-39-35-52(70(49-25-13-7-14-26-49)50-27-15-8-16-28-50)44-60(57)66(46-34-38-56-54-30-18-20-32-62(54)68(3,4)64(56)42-46)58-40-36-51(43-59(58)65)69(47-21-9-5-10-22-47)48-23-11-6-12-24-48/h5-32,35-36,39-44H,33-34,37-38H2,1-4H3. The molecule has 0 fully saturated rings. The van der Waals surface area contributed by atoms with Crippen molar-refractivity contribution in [2.24, 2.45) is 0 Å². The SMILES string of the molecule is CC1(C)C2=C(CCC(c3c4ccc(N(c5ccccc5)c5ccccc5)cc4c(C4=CC5=C(CC4)c4ccccc4C5(C)C)c4ccc(N(c5ccccc5)c5ccccc5)cc34)=C2)c2ccccc21. The molecule has 0 aromatic heterocycles. The quantitative estimate of drug-likeness (QED) is 0.140. The number of benzene rings is 9. The number of hydrogen-bond donors (Lipinski definition) is 0. The highest BCUT2D eigenvalue weighted by Gasteiger charge is 2.40. The van der Waals surface area contributed by atoms with Crippen LogP contribution < -0.4 is 9.80 Å². The normalized spacial score (nSPS) is 16.3. The Hall–Kier alpha value is -7.94. The summed E-state index contributed by atoms with van der Waals surface area (Å²) >= 11 is 0. The number of hydrogen-bond acceptors (Lipinski definition) is 2. The van der Waals surface area contributed by atoms with Crippen LogP contribution in [0.15, 0.2) is 230 Å². The summed E-state index contributed by atoms with van der Waals surface area (Å²) < 4.78 is 0. The molecule has 0 N–H and O–H groups in total. The van der Waals surface area contributed by atoms with E-state index in [2.05, 4.69) is 256 Å². The van der Waals surface area contributed by atoms with E-state index < -0.39 is 0 Å². The molecule has 9 aromatic rings. The highest BCUT2D eigenvalue weighted by atomic mass is 15.1. The smallest absolute Gasteiger partial charge is 0.0468 e. The van der Waals surface area contributed by atoms with E-state index in [4.69, 9.17) is 0 Å². The second-order valence-electron chi connectivity index (χ2n) is 20.7. The van der Waals surface area contributed by atoms with Gasteiger partial charge in [0, 0.05) is 45.0 Å². The third kappa shape index (κ3) is 6.61. The fourth-order valence-electron chi connectivity index (χ4n) is 12.8. The van der Waals surface area contributed by atoms with Crippen LogP contribution in [0, 0.1) is 0 Å². The summed E-state index contributed by atoms with van der Waals surface area (Å²) in [4.78, 5) is 4.85. The highest BCUT2D eigenvalue weighted by molar-refractivity contribution is 6.18. The molecule has 0 spiro atoms. The van der Waals surface area contributed by atoms with Gasteiger partial charge in [-0.2, -0.15) is 0 Å². The van der Waals surface area contributed by atoms with Crippen molar-refractivity contribution in [1.82, 2.24) is 0 Å². The van der Waals surface area contributed by atoms with Crippen molar-refractivity contribution in [3.8, 4) is 0 Å². The Kier molecular flexibility index (Phi) is 9.85. The van der Waals surface area contributed by atoms with E-state index in [-0.39, 0.29) is 10.8 Å². The Morgan fingerprint density at radius 3 is 1.00 bits per heavy atom. The maximum Gasteiger partial charge on any atom is 0.0468 e. The van der Waals surface area contributed by atoms with Crippen LogP contribution in [-0.2, 0) is 10.8 Å².